The summed E-state index contributed by atoms with van der Waals surface area (Å²) in [6, 6.07) is 0. The van der Waals surface area contributed by atoms with Crippen LogP contribution in [0.4, 0.5) is 0 Å². The Bertz CT molecular complexity index is 370. The van der Waals surface area contributed by atoms with Crippen LogP contribution in [0.5, 0.6) is 0 Å². The highest BCUT2D eigenvalue weighted by atomic mass is 16.7. The van der Waals surface area contributed by atoms with Crippen molar-refractivity contribution in [2.45, 2.75) is 53.8 Å². The van der Waals surface area contributed by atoms with Gasteiger partial charge in [0.15, 0.2) is 5.79 Å². The number of rotatable bonds is 6. The third-order valence-corrected chi connectivity index (χ3v) is 4.99. The normalized spacial score (nSPS) is 19.2. The molecule has 0 aromatic heterocycles. The summed E-state index contributed by atoms with van der Waals surface area (Å²) in [6.07, 6.45) is 0.888. The molecule has 0 unspecified atom stereocenters. The Hall–Kier alpha value is -0.500. The summed E-state index contributed by atoms with van der Waals surface area (Å²) in [7, 11) is 0. The quantitative estimate of drug-likeness (QED) is 0.543. The minimum absolute atomic E-state index is 0.138. The predicted molar refractivity (Wildman–Crippen MR) is 93.5 cm³/mol. The van der Waals surface area contributed by atoms with Crippen LogP contribution >= 0.6 is 0 Å². The summed E-state index contributed by atoms with van der Waals surface area (Å²) in [5, 5.41) is 36.3. The number of hydrogen-bond donors (Lipinski definition) is 4. The minimum Gasteiger partial charge on any atom is -0.396 e. The van der Waals surface area contributed by atoms with Gasteiger partial charge < -0.3 is 29.9 Å². The molecule has 0 bridgehead atoms. The number of ether oxygens (including phenoxy) is 2. The fourth-order valence-electron chi connectivity index (χ4n) is 2.18. The van der Waals surface area contributed by atoms with Crippen LogP contribution in [0.15, 0.2) is 11.1 Å². The first-order chi connectivity index (χ1) is 11.1. The second-order valence-corrected chi connectivity index (χ2v) is 7.37. The molecule has 1 saturated heterocycles. The molecule has 0 radical (unpaired) electrons. The van der Waals surface area contributed by atoms with E-state index in [1.165, 1.54) is 0 Å². The molecule has 0 aliphatic carbocycles. The van der Waals surface area contributed by atoms with Crippen molar-refractivity contribution in [2.75, 3.05) is 39.6 Å². The molecule has 6 nitrogen and oxygen atoms in total. The summed E-state index contributed by atoms with van der Waals surface area (Å²) < 4.78 is 11.0. The van der Waals surface area contributed by atoms with Crippen LogP contribution < -0.4 is 0 Å². The van der Waals surface area contributed by atoms with Crippen LogP contribution in [-0.4, -0.2) is 65.9 Å². The SMILES string of the molecule is CC(C)=C(C)C(CO)(CO)CO.CCC1(CO)COC(C)(C)OC1. The predicted octanol–water partition coefficient (Wildman–Crippen LogP) is 1.46. The van der Waals surface area contributed by atoms with E-state index in [2.05, 4.69) is 0 Å². The molecule has 1 aliphatic rings. The Labute approximate surface area is 146 Å². The Morgan fingerprint density at radius 3 is 1.54 bits per heavy atom. The van der Waals surface area contributed by atoms with Gasteiger partial charge in [-0.25, -0.2) is 0 Å². The fourth-order valence-corrected chi connectivity index (χ4v) is 2.18. The summed E-state index contributed by atoms with van der Waals surface area (Å²) in [6.45, 7) is 12.1. The van der Waals surface area contributed by atoms with E-state index in [9.17, 15) is 0 Å². The van der Waals surface area contributed by atoms with E-state index in [1.54, 1.807) is 0 Å². The minimum atomic E-state index is -0.848. The maximum Gasteiger partial charge on any atom is 0.162 e. The Morgan fingerprint density at radius 1 is 0.917 bits per heavy atom. The molecule has 6 heteroatoms. The molecule has 1 rings (SSSR count). The Kier molecular flexibility index (Phi) is 9.64. The third kappa shape index (κ3) is 6.10. The van der Waals surface area contributed by atoms with Gasteiger partial charge in [0.1, 0.15) is 0 Å². The van der Waals surface area contributed by atoms with E-state index in [0.29, 0.717) is 13.2 Å². The number of allylic oxidation sites excluding steroid dienone is 1. The van der Waals surface area contributed by atoms with Gasteiger partial charge >= 0.3 is 0 Å². The zero-order valence-corrected chi connectivity index (χ0v) is 16.1. The highest BCUT2D eigenvalue weighted by Gasteiger charge is 2.38. The maximum absolute atomic E-state index is 9.15. The van der Waals surface area contributed by atoms with Crippen molar-refractivity contribution in [1.29, 1.82) is 0 Å². The lowest BCUT2D eigenvalue weighted by molar-refractivity contribution is -0.290. The zero-order chi connectivity index (χ0) is 19.0. The van der Waals surface area contributed by atoms with E-state index >= 15 is 0 Å². The van der Waals surface area contributed by atoms with Crippen LogP contribution in [0.1, 0.15) is 48.0 Å². The van der Waals surface area contributed by atoms with Crippen molar-refractivity contribution >= 4 is 0 Å². The Morgan fingerprint density at radius 2 is 1.33 bits per heavy atom. The lowest BCUT2D eigenvalue weighted by atomic mass is 9.81. The van der Waals surface area contributed by atoms with Crippen molar-refractivity contribution in [3.05, 3.63) is 11.1 Å². The van der Waals surface area contributed by atoms with E-state index in [-0.39, 0.29) is 31.8 Å². The highest BCUT2D eigenvalue weighted by molar-refractivity contribution is 5.18. The first-order valence-electron chi connectivity index (χ1n) is 8.43. The molecule has 144 valence electrons. The second kappa shape index (κ2) is 9.85. The van der Waals surface area contributed by atoms with Crippen LogP contribution in [0.3, 0.4) is 0 Å². The van der Waals surface area contributed by atoms with E-state index < -0.39 is 11.2 Å². The number of hydrogen-bond acceptors (Lipinski definition) is 6. The number of aliphatic hydroxyl groups excluding tert-OH is 4. The van der Waals surface area contributed by atoms with Gasteiger partial charge in [0.05, 0.1) is 45.1 Å². The summed E-state index contributed by atoms with van der Waals surface area (Å²) in [4.78, 5) is 0. The van der Waals surface area contributed by atoms with Gasteiger partial charge in [0.2, 0.25) is 0 Å². The molecular formula is C18H36O6. The lowest BCUT2D eigenvalue weighted by Crippen LogP contribution is -2.48. The van der Waals surface area contributed by atoms with Crippen LogP contribution in [0.25, 0.3) is 0 Å². The maximum atomic E-state index is 9.15. The largest absolute Gasteiger partial charge is 0.396 e. The number of aliphatic hydroxyl groups is 4. The molecule has 4 N–H and O–H groups in total. The lowest BCUT2D eigenvalue weighted by Gasteiger charge is -2.42. The van der Waals surface area contributed by atoms with Gasteiger partial charge in [-0.15, -0.1) is 0 Å². The average molecular weight is 348 g/mol. The molecule has 1 aliphatic heterocycles. The van der Waals surface area contributed by atoms with Crippen molar-refractivity contribution < 1.29 is 29.9 Å². The fraction of sp³-hybridized carbons (Fsp3) is 0.889. The molecule has 1 fully saturated rings. The molecule has 0 amide bonds. The molecule has 0 saturated carbocycles. The van der Waals surface area contributed by atoms with Gasteiger partial charge in [0.25, 0.3) is 0 Å². The average Bonchev–Trinajstić information content (AvgIpc) is 2.58. The first-order valence-corrected chi connectivity index (χ1v) is 8.43. The van der Waals surface area contributed by atoms with Crippen molar-refractivity contribution in [3.63, 3.8) is 0 Å². The molecule has 1 heterocycles. The van der Waals surface area contributed by atoms with E-state index in [0.717, 1.165) is 17.6 Å². The van der Waals surface area contributed by atoms with Crippen LogP contribution in [0.2, 0.25) is 0 Å². The smallest absolute Gasteiger partial charge is 0.162 e. The molecule has 0 aromatic rings. The highest BCUT2D eigenvalue weighted by Crippen LogP contribution is 2.31. The van der Waals surface area contributed by atoms with Crippen LogP contribution in [-0.2, 0) is 9.47 Å². The van der Waals surface area contributed by atoms with Gasteiger partial charge in [-0.2, -0.15) is 0 Å². The van der Waals surface area contributed by atoms with Crippen molar-refractivity contribution in [1.82, 2.24) is 0 Å². The first kappa shape index (κ1) is 23.5. The van der Waals surface area contributed by atoms with Crippen molar-refractivity contribution in [2.24, 2.45) is 10.8 Å². The molecule has 0 spiro atoms. The summed E-state index contributed by atoms with van der Waals surface area (Å²) in [5.74, 6) is -0.478. The topological polar surface area (TPSA) is 99.4 Å². The molecule has 24 heavy (non-hydrogen) atoms. The molecular weight excluding hydrogens is 312 g/mol. The zero-order valence-electron chi connectivity index (χ0n) is 16.1. The van der Waals surface area contributed by atoms with E-state index in [1.807, 2.05) is 41.5 Å². The van der Waals surface area contributed by atoms with Gasteiger partial charge in [-0.1, -0.05) is 18.1 Å². The monoisotopic (exact) mass is 348 g/mol. The summed E-state index contributed by atoms with van der Waals surface area (Å²) >= 11 is 0. The standard InChI is InChI=1S/2C9H18O3/c1-4-9(5-10)6-11-8(2,3)12-7-9;1-7(2)8(3)9(4-10,5-11)6-12/h10H,4-7H2,1-3H3;10-12H,4-6H2,1-3H3. The van der Waals surface area contributed by atoms with E-state index in [4.69, 9.17) is 29.9 Å². The summed E-state index contributed by atoms with van der Waals surface area (Å²) in [5.41, 5.74) is 0.858. The molecule has 0 atom stereocenters. The molecule has 0 aromatic carbocycles. The van der Waals surface area contributed by atoms with Crippen LogP contribution in [0, 0.1) is 10.8 Å². The van der Waals surface area contributed by atoms with Gasteiger partial charge in [0, 0.05) is 5.41 Å². The second-order valence-electron chi connectivity index (χ2n) is 7.37. The third-order valence-electron chi connectivity index (χ3n) is 4.99. The van der Waals surface area contributed by atoms with Gasteiger partial charge in [-0.05, 0) is 41.0 Å². The Balaban J connectivity index is 0.000000441. The van der Waals surface area contributed by atoms with Crippen molar-refractivity contribution in [3.8, 4) is 0 Å². The van der Waals surface area contributed by atoms with Gasteiger partial charge in [-0.3, -0.25) is 0 Å².